The summed E-state index contributed by atoms with van der Waals surface area (Å²) < 4.78 is 0. The molecule has 1 N–H and O–H groups in total. The number of aliphatic hydroxyl groups is 1. The molecule has 0 spiro atoms. The zero-order valence-electron chi connectivity index (χ0n) is 10.3. The van der Waals surface area contributed by atoms with Gasteiger partial charge in [-0.25, -0.2) is 0 Å². The van der Waals surface area contributed by atoms with E-state index in [0.29, 0.717) is 0 Å². The lowest BCUT2D eigenvalue weighted by atomic mass is 9.77. The molecule has 1 aromatic carbocycles. The highest BCUT2D eigenvalue weighted by atomic mass is 35.5. The molecular weight excluding hydrogens is 220 g/mol. The Morgan fingerprint density at radius 3 is 2.00 bits per heavy atom. The van der Waals surface area contributed by atoms with Crippen molar-refractivity contribution in [2.45, 2.75) is 33.3 Å². The lowest BCUT2D eigenvalue weighted by Crippen LogP contribution is -2.37. The van der Waals surface area contributed by atoms with E-state index in [9.17, 15) is 5.11 Å². The lowest BCUT2D eigenvalue weighted by Gasteiger charge is -2.34. The first kappa shape index (κ1) is 13.3. The highest BCUT2D eigenvalue weighted by Crippen LogP contribution is 2.31. The van der Waals surface area contributed by atoms with Crippen molar-refractivity contribution < 1.29 is 5.11 Å². The average molecular weight is 239 g/mol. The maximum absolute atomic E-state index is 10.3. The molecule has 2 heteroatoms. The number of benzene rings is 1. The van der Waals surface area contributed by atoms with Gasteiger partial charge in [-0.2, -0.15) is 0 Å². The quantitative estimate of drug-likeness (QED) is 0.821. The van der Waals surface area contributed by atoms with Crippen LogP contribution in [0.25, 0.3) is 6.08 Å². The Hall–Kier alpha value is -0.790. The fourth-order valence-electron chi connectivity index (χ4n) is 1.08. The molecule has 1 nitrogen and oxygen atoms in total. The summed E-state index contributed by atoms with van der Waals surface area (Å²) in [7, 11) is 0. The molecule has 0 saturated heterocycles. The molecule has 0 fully saturated rings. The van der Waals surface area contributed by atoms with E-state index in [1.807, 2.05) is 64.1 Å². The maximum atomic E-state index is 10.3. The number of rotatable bonds is 2. The fourth-order valence-corrected chi connectivity index (χ4v) is 1.21. The summed E-state index contributed by atoms with van der Waals surface area (Å²) >= 11 is 5.80. The Morgan fingerprint density at radius 2 is 1.56 bits per heavy atom. The van der Waals surface area contributed by atoms with E-state index in [1.54, 1.807) is 0 Å². The second-order valence-corrected chi connectivity index (χ2v) is 5.72. The third kappa shape index (κ3) is 3.36. The van der Waals surface area contributed by atoms with Gasteiger partial charge in [0.15, 0.2) is 0 Å². The van der Waals surface area contributed by atoms with Gasteiger partial charge in [-0.3, -0.25) is 0 Å². The van der Waals surface area contributed by atoms with Gasteiger partial charge in [0.2, 0.25) is 0 Å². The summed E-state index contributed by atoms with van der Waals surface area (Å²) in [6.07, 6.45) is 3.75. The Balaban J connectivity index is 2.85. The van der Waals surface area contributed by atoms with Gasteiger partial charge in [-0.1, -0.05) is 56.7 Å². The van der Waals surface area contributed by atoms with E-state index in [1.165, 1.54) is 0 Å². The van der Waals surface area contributed by atoms with Crippen LogP contribution in [0.3, 0.4) is 0 Å². The Bertz CT molecular complexity index is 369. The molecule has 1 aromatic rings. The molecule has 0 aliphatic carbocycles. The van der Waals surface area contributed by atoms with E-state index < -0.39 is 5.60 Å². The average Bonchev–Trinajstić information content (AvgIpc) is 2.15. The van der Waals surface area contributed by atoms with Crippen LogP contribution in [-0.4, -0.2) is 10.7 Å². The third-order valence-electron chi connectivity index (χ3n) is 2.99. The van der Waals surface area contributed by atoms with Crippen molar-refractivity contribution >= 4 is 17.7 Å². The predicted octanol–water partition coefficient (Wildman–Crippen LogP) is 4.15. The highest BCUT2D eigenvalue weighted by molar-refractivity contribution is 6.30. The van der Waals surface area contributed by atoms with Crippen molar-refractivity contribution in [2.75, 3.05) is 0 Å². The minimum atomic E-state index is -0.827. The van der Waals surface area contributed by atoms with Gasteiger partial charge in [0.1, 0.15) is 0 Å². The van der Waals surface area contributed by atoms with Gasteiger partial charge >= 0.3 is 0 Å². The second-order valence-electron chi connectivity index (χ2n) is 5.28. The van der Waals surface area contributed by atoms with Crippen LogP contribution in [-0.2, 0) is 0 Å². The number of hydrogen-bond donors (Lipinski definition) is 1. The van der Waals surface area contributed by atoms with Gasteiger partial charge in [-0.15, -0.1) is 0 Å². The molecule has 0 saturated carbocycles. The normalized spacial score (nSPS) is 16.4. The van der Waals surface area contributed by atoms with Crippen LogP contribution in [0.4, 0.5) is 0 Å². The third-order valence-corrected chi connectivity index (χ3v) is 3.24. The van der Waals surface area contributed by atoms with Crippen LogP contribution in [0, 0.1) is 5.41 Å². The van der Waals surface area contributed by atoms with E-state index >= 15 is 0 Å². The number of hydrogen-bond acceptors (Lipinski definition) is 1. The monoisotopic (exact) mass is 238 g/mol. The summed E-state index contributed by atoms with van der Waals surface area (Å²) in [4.78, 5) is 0. The van der Waals surface area contributed by atoms with Gasteiger partial charge in [0.05, 0.1) is 5.60 Å². The van der Waals surface area contributed by atoms with Crippen LogP contribution in [0.15, 0.2) is 30.3 Å². The molecule has 0 aromatic heterocycles. The van der Waals surface area contributed by atoms with Crippen molar-refractivity contribution in [2.24, 2.45) is 5.41 Å². The summed E-state index contributed by atoms with van der Waals surface area (Å²) in [6.45, 7) is 7.86. The highest BCUT2D eigenvalue weighted by Gasteiger charge is 2.32. The summed E-state index contributed by atoms with van der Waals surface area (Å²) in [5.41, 5.74) is 0.0247. The lowest BCUT2D eigenvalue weighted by molar-refractivity contribution is 0.00436. The maximum Gasteiger partial charge on any atom is 0.0850 e. The van der Waals surface area contributed by atoms with Crippen molar-refractivity contribution in [1.82, 2.24) is 0 Å². The molecule has 0 aliphatic rings. The molecule has 0 amide bonds. The Morgan fingerprint density at radius 1 is 1.06 bits per heavy atom. The zero-order valence-corrected chi connectivity index (χ0v) is 11.0. The zero-order chi connectivity index (χ0) is 12.4. The predicted molar refractivity (Wildman–Crippen MR) is 70.6 cm³/mol. The molecule has 0 heterocycles. The van der Waals surface area contributed by atoms with Gasteiger partial charge in [-0.05, 0) is 30.0 Å². The summed E-state index contributed by atoms with van der Waals surface area (Å²) in [6, 6.07) is 7.54. The van der Waals surface area contributed by atoms with Crippen LogP contribution in [0.1, 0.15) is 33.3 Å². The van der Waals surface area contributed by atoms with Crippen LogP contribution in [0.5, 0.6) is 0 Å². The fraction of sp³-hybridized carbons (Fsp3) is 0.429. The van der Waals surface area contributed by atoms with E-state index in [-0.39, 0.29) is 5.41 Å². The first-order valence-electron chi connectivity index (χ1n) is 5.39. The Labute approximate surface area is 103 Å². The first-order chi connectivity index (χ1) is 7.22. The molecule has 0 radical (unpaired) electrons. The molecule has 1 rings (SSSR count). The molecule has 1 unspecified atom stereocenters. The number of halogens is 1. The molecule has 0 aliphatic heterocycles. The molecule has 1 atom stereocenters. The summed E-state index contributed by atoms with van der Waals surface area (Å²) in [5, 5.41) is 11.0. The van der Waals surface area contributed by atoms with Gasteiger partial charge < -0.3 is 5.11 Å². The van der Waals surface area contributed by atoms with Gasteiger partial charge in [0, 0.05) is 5.02 Å². The van der Waals surface area contributed by atoms with Crippen molar-refractivity contribution in [3.63, 3.8) is 0 Å². The minimum Gasteiger partial charge on any atom is -0.386 e. The van der Waals surface area contributed by atoms with Crippen LogP contribution < -0.4 is 0 Å². The largest absolute Gasteiger partial charge is 0.386 e. The topological polar surface area (TPSA) is 20.2 Å². The van der Waals surface area contributed by atoms with Crippen molar-refractivity contribution in [1.29, 1.82) is 0 Å². The van der Waals surface area contributed by atoms with E-state index in [2.05, 4.69) is 0 Å². The molecule has 88 valence electrons. The standard InChI is InChI=1S/C14H19ClO/c1-13(2,3)14(4,16)10-9-11-5-7-12(15)8-6-11/h5-10,16H,1-4H3. The Kier molecular flexibility index (Phi) is 3.82. The molecule has 16 heavy (non-hydrogen) atoms. The first-order valence-corrected chi connectivity index (χ1v) is 5.77. The smallest absolute Gasteiger partial charge is 0.0850 e. The van der Waals surface area contributed by atoms with E-state index in [4.69, 9.17) is 11.6 Å². The molecule has 0 bridgehead atoms. The van der Waals surface area contributed by atoms with Gasteiger partial charge in [0.25, 0.3) is 0 Å². The van der Waals surface area contributed by atoms with Crippen molar-refractivity contribution in [3.05, 3.63) is 40.9 Å². The van der Waals surface area contributed by atoms with Crippen molar-refractivity contribution in [3.8, 4) is 0 Å². The van der Waals surface area contributed by atoms with Crippen LogP contribution >= 0.6 is 11.6 Å². The van der Waals surface area contributed by atoms with E-state index in [0.717, 1.165) is 10.6 Å². The minimum absolute atomic E-state index is 0.185. The van der Waals surface area contributed by atoms with Crippen LogP contribution in [0.2, 0.25) is 5.02 Å². The second kappa shape index (κ2) is 4.60. The molecular formula is C14H19ClO. The SMILES string of the molecule is CC(C)(C)C(C)(O)C=Cc1ccc(Cl)cc1. The summed E-state index contributed by atoms with van der Waals surface area (Å²) in [5.74, 6) is 0.